The van der Waals surface area contributed by atoms with Gasteiger partial charge in [-0.05, 0) is 12.2 Å². The van der Waals surface area contributed by atoms with E-state index in [4.69, 9.17) is 0 Å². The highest BCUT2D eigenvalue weighted by Crippen LogP contribution is 2.09. The molecule has 2 heterocycles. The molecule has 51 valence electrons. The second-order valence-electron chi connectivity index (χ2n) is 2.37. The van der Waals surface area contributed by atoms with Gasteiger partial charge in [0.25, 0.3) is 0 Å². The monoisotopic (exact) mass is 133 g/mol. The molecule has 1 unspecified atom stereocenters. The Hall–Kier alpha value is -1.18. The van der Waals surface area contributed by atoms with Crippen LogP contribution in [0.25, 0.3) is 0 Å². The van der Waals surface area contributed by atoms with Crippen LogP contribution in [-0.4, -0.2) is 12.6 Å². The number of allylic oxidation sites excluding steroid dienone is 2. The standard InChI is InChI=1S/C8H9N2/c1-3-7-8(9-5-1)4-2-6-10-7/h1-5,8,10H,6H2. The van der Waals surface area contributed by atoms with Gasteiger partial charge in [0.05, 0.1) is 0 Å². The molecule has 1 atom stereocenters. The maximum Gasteiger partial charge on any atom is 0.107 e. The lowest BCUT2D eigenvalue weighted by atomic mass is 10.1. The molecule has 2 nitrogen and oxygen atoms in total. The summed E-state index contributed by atoms with van der Waals surface area (Å²) in [7, 11) is 0. The third-order valence-electron chi connectivity index (χ3n) is 1.67. The molecule has 1 radical (unpaired) electrons. The fourth-order valence-electron chi connectivity index (χ4n) is 1.16. The number of nitrogens with one attached hydrogen (secondary N) is 1. The van der Waals surface area contributed by atoms with E-state index in [1.165, 1.54) is 5.70 Å². The van der Waals surface area contributed by atoms with Crippen molar-refractivity contribution in [1.29, 1.82) is 0 Å². The van der Waals surface area contributed by atoms with Gasteiger partial charge >= 0.3 is 0 Å². The fourth-order valence-corrected chi connectivity index (χ4v) is 1.16. The van der Waals surface area contributed by atoms with Crippen molar-refractivity contribution in [2.24, 2.45) is 0 Å². The lowest BCUT2D eigenvalue weighted by molar-refractivity contribution is 0.671. The molecule has 1 N–H and O–H groups in total. The van der Waals surface area contributed by atoms with E-state index in [-0.39, 0.29) is 6.04 Å². The van der Waals surface area contributed by atoms with Crippen LogP contribution in [0, 0.1) is 0 Å². The van der Waals surface area contributed by atoms with Gasteiger partial charge in [-0.15, -0.1) is 0 Å². The molecule has 0 amide bonds. The molecule has 0 bridgehead atoms. The van der Waals surface area contributed by atoms with Crippen molar-refractivity contribution in [3.05, 3.63) is 36.2 Å². The van der Waals surface area contributed by atoms with Gasteiger partial charge in [0.15, 0.2) is 0 Å². The number of fused-ring (bicyclic) bond motifs is 1. The van der Waals surface area contributed by atoms with Crippen molar-refractivity contribution >= 4 is 0 Å². The predicted octanol–water partition coefficient (Wildman–Crippen LogP) is 0.530. The summed E-state index contributed by atoms with van der Waals surface area (Å²) < 4.78 is 0. The normalized spacial score (nSPS) is 28.0. The van der Waals surface area contributed by atoms with Gasteiger partial charge < -0.3 is 5.32 Å². The molecule has 2 heteroatoms. The average molecular weight is 133 g/mol. The molecular weight excluding hydrogens is 124 g/mol. The molecule has 2 aliphatic rings. The van der Waals surface area contributed by atoms with E-state index < -0.39 is 0 Å². The van der Waals surface area contributed by atoms with Crippen molar-refractivity contribution in [2.45, 2.75) is 6.04 Å². The van der Waals surface area contributed by atoms with E-state index in [1.54, 1.807) is 0 Å². The molecule has 0 aromatic carbocycles. The second-order valence-corrected chi connectivity index (χ2v) is 2.37. The highest BCUT2D eigenvalue weighted by molar-refractivity contribution is 5.28. The van der Waals surface area contributed by atoms with Crippen LogP contribution >= 0.6 is 0 Å². The third-order valence-corrected chi connectivity index (χ3v) is 1.67. The highest BCUT2D eigenvalue weighted by atomic mass is 15.0. The van der Waals surface area contributed by atoms with Gasteiger partial charge in [-0.25, -0.2) is 0 Å². The summed E-state index contributed by atoms with van der Waals surface area (Å²) in [5.74, 6) is 0. The van der Waals surface area contributed by atoms with Crippen LogP contribution in [-0.2, 0) is 0 Å². The first kappa shape index (κ1) is 5.59. The van der Waals surface area contributed by atoms with E-state index in [9.17, 15) is 0 Å². The highest BCUT2D eigenvalue weighted by Gasteiger charge is 2.14. The fraction of sp³-hybridized carbons (Fsp3) is 0.250. The van der Waals surface area contributed by atoms with Crippen LogP contribution in [0.4, 0.5) is 0 Å². The van der Waals surface area contributed by atoms with Gasteiger partial charge in [0.1, 0.15) is 6.04 Å². The molecule has 0 aromatic rings. The third kappa shape index (κ3) is 0.817. The Morgan fingerprint density at radius 1 is 1.60 bits per heavy atom. The van der Waals surface area contributed by atoms with E-state index in [0.717, 1.165) is 6.54 Å². The maximum atomic E-state index is 4.25. The summed E-state index contributed by atoms with van der Waals surface area (Å²) in [6.45, 7) is 0.936. The van der Waals surface area contributed by atoms with Gasteiger partial charge in [-0.3, -0.25) is 5.32 Å². The Morgan fingerprint density at radius 2 is 2.60 bits per heavy atom. The van der Waals surface area contributed by atoms with Gasteiger partial charge in [0, 0.05) is 18.4 Å². The predicted molar refractivity (Wildman–Crippen MR) is 40.3 cm³/mol. The zero-order chi connectivity index (χ0) is 6.81. The van der Waals surface area contributed by atoms with E-state index in [0.29, 0.717) is 0 Å². The molecule has 2 aliphatic heterocycles. The molecule has 0 saturated carbocycles. The van der Waals surface area contributed by atoms with Crippen molar-refractivity contribution in [2.75, 3.05) is 6.54 Å². The van der Waals surface area contributed by atoms with Crippen LogP contribution in [0.1, 0.15) is 0 Å². The van der Waals surface area contributed by atoms with Gasteiger partial charge in [-0.1, -0.05) is 12.2 Å². The SMILES string of the molecule is C1=C[N]C2C=CCNC2=C1. The van der Waals surface area contributed by atoms with Crippen molar-refractivity contribution in [3.63, 3.8) is 0 Å². The zero-order valence-electron chi connectivity index (χ0n) is 5.62. The number of nitrogens with zero attached hydrogens (tertiary/aromatic N) is 1. The molecule has 0 aromatic heterocycles. The van der Waals surface area contributed by atoms with Crippen molar-refractivity contribution < 1.29 is 0 Å². The lowest BCUT2D eigenvalue weighted by Gasteiger charge is -2.22. The largest absolute Gasteiger partial charge is 0.383 e. The smallest absolute Gasteiger partial charge is 0.107 e. The minimum absolute atomic E-state index is 0.263. The molecule has 10 heavy (non-hydrogen) atoms. The molecule has 0 saturated heterocycles. The van der Waals surface area contributed by atoms with Crippen LogP contribution in [0.5, 0.6) is 0 Å². The summed E-state index contributed by atoms with van der Waals surface area (Å²) in [6.07, 6.45) is 10.1. The van der Waals surface area contributed by atoms with E-state index >= 15 is 0 Å². The molecule has 0 fully saturated rings. The summed E-state index contributed by atoms with van der Waals surface area (Å²) in [4.78, 5) is 0. The Labute approximate surface area is 60.3 Å². The number of rotatable bonds is 0. The Balaban J connectivity index is 2.26. The Bertz CT molecular complexity index is 213. The molecule has 0 spiro atoms. The molecule has 2 rings (SSSR count). The van der Waals surface area contributed by atoms with Crippen LogP contribution in [0.3, 0.4) is 0 Å². The second kappa shape index (κ2) is 2.21. The minimum Gasteiger partial charge on any atom is -0.383 e. The Kier molecular flexibility index (Phi) is 1.24. The number of hydrogen-bond acceptors (Lipinski definition) is 1. The lowest BCUT2D eigenvalue weighted by Crippen LogP contribution is -2.33. The topological polar surface area (TPSA) is 26.1 Å². The van der Waals surface area contributed by atoms with Crippen LogP contribution < -0.4 is 10.6 Å². The average Bonchev–Trinajstić information content (AvgIpc) is 2.05. The summed E-state index contributed by atoms with van der Waals surface area (Å²) in [6, 6.07) is 0.263. The maximum absolute atomic E-state index is 4.25. The first-order valence-corrected chi connectivity index (χ1v) is 3.44. The van der Waals surface area contributed by atoms with Crippen LogP contribution in [0.2, 0.25) is 0 Å². The van der Waals surface area contributed by atoms with Crippen LogP contribution in [0.15, 0.2) is 36.2 Å². The summed E-state index contributed by atoms with van der Waals surface area (Å²) in [5, 5.41) is 7.50. The molecule has 0 aliphatic carbocycles. The zero-order valence-corrected chi connectivity index (χ0v) is 5.62. The first-order chi connectivity index (χ1) is 4.97. The van der Waals surface area contributed by atoms with Crippen molar-refractivity contribution in [1.82, 2.24) is 10.6 Å². The van der Waals surface area contributed by atoms with E-state index in [2.05, 4.69) is 28.9 Å². The first-order valence-electron chi connectivity index (χ1n) is 3.44. The minimum atomic E-state index is 0.263. The Morgan fingerprint density at radius 3 is 3.50 bits per heavy atom. The molecular formula is C8H9N2. The van der Waals surface area contributed by atoms with Gasteiger partial charge in [0.2, 0.25) is 0 Å². The van der Waals surface area contributed by atoms with E-state index in [1.807, 2.05) is 12.3 Å². The summed E-state index contributed by atoms with van der Waals surface area (Å²) >= 11 is 0. The van der Waals surface area contributed by atoms with Gasteiger partial charge in [-0.2, -0.15) is 0 Å². The summed E-state index contributed by atoms with van der Waals surface area (Å²) in [5.41, 5.74) is 1.21. The quantitative estimate of drug-likeness (QED) is 0.479. The van der Waals surface area contributed by atoms with Crippen molar-refractivity contribution in [3.8, 4) is 0 Å². The number of hydrogen-bond donors (Lipinski definition) is 1.